The van der Waals surface area contributed by atoms with Gasteiger partial charge >= 0.3 is 0 Å². The summed E-state index contributed by atoms with van der Waals surface area (Å²) in [6.45, 7) is 4.33. The highest BCUT2D eigenvalue weighted by atomic mass is 35.5. The van der Waals surface area contributed by atoms with Gasteiger partial charge in [0.2, 0.25) is 0 Å². The molecule has 0 spiro atoms. The van der Waals surface area contributed by atoms with Gasteiger partial charge in [-0.3, -0.25) is 4.79 Å². The summed E-state index contributed by atoms with van der Waals surface area (Å²) in [5, 5.41) is 3.49. The fourth-order valence-corrected chi connectivity index (χ4v) is 2.62. The third kappa shape index (κ3) is 2.72. The zero-order chi connectivity index (χ0) is 15.0. The van der Waals surface area contributed by atoms with Crippen LogP contribution in [0, 0.1) is 0 Å². The summed E-state index contributed by atoms with van der Waals surface area (Å²) in [6.07, 6.45) is 1.90. The van der Waals surface area contributed by atoms with Crippen LogP contribution >= 0.6 is 11.6 Å². The van der Waals surface area contributed by atoms with Gasteiger partial charge < -0.3 is 5.32 Å². The van der Waals surface area contributed by atoms with E-state index in [1.54, 1.807) is 6.07 Å². The average molecular weight is 298 g/mol. The van der Waals surface area contributed by atoms with E-state index in [0.717, 1.165) is 16.8 Å². The van der Waals surface area contributed by atoms with Crippen molar-refractivity contribution < 1.29 is 4.79 Å². The summed E-state index contributed by atoms with van der Waals surface area (Å²) in [4.78, 5) is 12.1. The molecule has 106 valence electrons. The molecule has 0 fully saturated rings. The largest absolute Gasteiger partial charge is 0.321 e. The topological polar surface area (TPSA) is 29.1 Å². The van der Waals surface area contributed by atoms with Gasteiger partial charge in [0, 0.05) is 21.8 Å². The first-order valence-corrected chi connectivity index (χ1v) is 7.35. The molecule has 1 N–H and O–H groups in total. The number of benzene rings is 2. The van der Waals surface area contributed by atoms with E-state index in [0.29, 0.717) is 16.5 Å². The molecular formula is C18H16ClNO. The minimum absolute atomic E-state index is 0.0831. The molecule has 0 atom stereocenters. The van der Waals surface area contributed by atoms with E-state index >= 15 is 0 Å². The van der Waals surface area contributed by atoms with Gasteiger partial charge in [-0.2, -0.15) is 0 Å². The number of hydrogen-bond acceptors (Lipinski definition) is 1. The smallest absolute Gasteiger partial charge is 0.256 e. The quantitative estimate of drug-likeness (QED) is 0.780. The first-order chi connectivity index (χ1) is 10.0. The molecule has 3 rings (SSSR count). The summed E-state index contributed by atoms with van der Waals surface area (Å²) in [6, 6.07) is 13.7. The van der Waals surface area contributed by atoms with Crippen LogP contribution < -0.4 is 5.32 Å². The Hall–Kier alpha value is -2.06. The molecule has 1 aliphatic heterocycles. The summed E-state index contributed by atoms with van der Waals surface area (Å²) in [5.41, 5.74) is 4.63. The second kappa shape index (κ2) is 5.38. The Balaban J connectivity index is 2.00. The summed E-state index contributed by atoms with van der Waals surface area (Å²) >= 11 is 6.03. The Bertz CT molecular complexity index is 729. The average Bonchev–Trinajstić information content (AvgIpc) is 2.76. The predicted molar refractivity (Wildman–Crippen MR) is 88.5 cm³/mol. The molecule has 2 aromatic rings. The van der Waals surface area contributed by atoms with Gasteiger partial charge in [-0.25, -0.2) is 0 Å². The van der Waals surface area contributed by atoms with E-state index < -0.39 is 0 Å². The van der Waals surface area contributed by atoms with Gasteiger partial charge in [0.15, 0.2) is 0 Å². The van der Waals surface area contributed by atoms with Gasteiger partial charge in [-0.1, -0.05) is 49.7 Å². The van der Waals surface area contributed by atoms with Crippen LogP contribution in [0.1, 0.15) is 36.5 Å². The molecule has 0 unspecified atom stereocenters. The van der Waals surface area contributed by atoms with E-state index in [-0.39, 0.29) is 5.91 Å². The van der Waals surface area contributed by atoms with Crippen LogP contribution in [-0.2, 0) is 4.79 Å². The second-order valence-corrected chi connectivity index (χ2v) is 5.96. The highest BCUT2D eigenvalue weighted by Crippen LogP contribution is 2.35. The number of halogens is 1. The molecule has 0 saturated heterocycles. The van der Waals surface area contributed by atoms with Gasteiger partial charge in [-0.15, -0.1) is 0 Å². The Labute approximate surface area is 129 Å². The van der Waals surface area contributed by atoms with Gasteiger partial charge in [-0.05, 0) is 41.3 Å². The number of nitrogens with one attached hydrogen (secondary N) is 1. The highest BCUT2D eigenvalue weighted by molar-refractivity contribution is 6.36. The molecule has 2 nitrogen and oxygen atoms in total. The van der Waals surface area contributed by atoms with Crippen LogP contribution in [-0.4, -0.2) is 5.91 Å². The Kier molecular flexibility index (Phi) is 3.56. The number of rotatable bonds is 2. The third-order valence-corrected chi connectivity index (χ3v) is 3.91. The van der Waals surface area contributed by atoms with Crippen molar-refractivity contribution in [2.24, 2.45) is 0 Å². The van der Waals surface area contributed by atoms with Gasteiger partial charge in [0.25, 0.3) is 5.91 Å². The number of carbonyl (C=O) groups excluding carboxylic acids is 1. The van der Waals surface area contributed by atoms with Crippen LogP contribution in [0.4, 0.5) is 5.69 Å². The highest BCUT2D eigenvalue weighted by Gasteiger charge is 2.24. The zero-order valence-electron chi connectivity index (χ0n) is 12.0. The van der Waals surface area contributed by atoms with Crippen molar-refractivity contribution in [3.05, 3.63) is 64.2 Å². The van der Waals surface area contributed by atoms with Gasteiger partial charge in [0.05, 0.1) is 0 Å². The monoisotopic (exact) mass is 297 g/mol. The lowest BCUT2D eigenvalue weighted by Crippen LogP contribution is -2.03. The fraction of sp³-hybridized carbons (Fsp3) is 0.167. The first kappa shape index (κ1) is 13.9. The van der Waals surface area contributed by atoms with Crippen molar-refractivity contribution in [2.75, 3.05) is 5.32 Å². The Morgan fingerprint density at radius 3 is 2.48 bits per heavy atom. The maximum atomic E-state index is 12.1. The molecule has 0 bridgehead atoms. The first-order valence-electron chi connectivity index (χ1n) is 6.97. The number of fused-ring (bicyclic) bond motifs is 1. The van der Waals surface area contributed by atoms with E-state index in [9.17, 15) is 4.79 Å². The van der Waals surface area contributed by atoms with Crippen molar-refractivity contribution in [3.63, 3.8) is 0 Å². The lowest BCUT2D eigenvalue weighted by molar-refractivity contribution is -0.110. The molecule has 21 heavy (non-hydrogen) atoms. The van der Waals surface area contributed by atoms with Crippen LogP contribution in [0.5, 0.6) is 0 Å². The molecule has 3 heteroatoms. The lowest BCUT2D eigenvalue weighted by Gasteiger charge is -2.05. The predicted octanol–water partition coefficient (Wildman–Crippen LogP) is 4.96. The van der Waals surface area contributed by atoms with E-state index in [1.807, 2.05) is 30.3 Å². The number of hydrogen-bond donors (Lipinski definition) is 1. The Morgan fingerprint density at radius 2 is 1.81 bits per heavy atom. The molecule has 1 aliphatic rings. The van der Waals surface area contributed by atoms with Gasteiger partial charge in [0.1, 0.15) is 0 Å². The van der Waals surface area contributed by atoms with E-state index in [4.69, 9.17) is 11.6 Å². The van der Waals surface area contributed by atoms with Crippen molar-refractivity contribution in [1.29, 1.82) is 0 Å². The van der Waals surface area contributed by atoms with Crippen LogP contribution in [0.15, 0.2) is 42.5 Å². The molecule has 2 aromatic carbocycles. The summed E-state index contributed by atoms with van der Waals surface area (Å²) < 4.78 is 0. The van der Waals surface area contributed by atoms with Crippen LogP contribution in [0.25, 0.3) is 11.6 Å². The molecule has 1 heterocycles. The molecule has 0 aliphatic carbocycles. The maximum absolute atomic E-state index is 12.1. The Morgan fingerprint density at radius 1 is 1.10 bits per heavy atom. The van der Waals surface area contributed by atoms with Crippen molar-refractivity contribution in [1.82, 2.24) is 0 Å². The number of anilines is 1. The normalized spacial score (nSPS) is 15.4. The molecular weight excluding hydrogens is 282 g/mol. The van der Waals surface area contributed by atoms with Crippen molar-refractivity contribution >= 4 is 34.8 Å². The van der Waals surface area contributed by atoms with Crippen LogP contribution in [0.2, 0.25) is 5.02 Å². The maximum Gasteiger partial charge on any atom is 0.256 e. The molecule has 0 radical (unpaired) electrons. The lowest BCUT2D eigenvalue weighted by atomic mass is 9.99. The molecule has 1 amide bonds. The minimum Gasteiger partial charge on any atom is -0.321 e. The number of amides is 1. The minimum atomic E-state index is -0.0831. The molecule has 0 saturated carbocycles. The summed E-state index contributed by atoms with van der Waals surface area (Å²) in [5.74, 6) is 0.418. The van der Waals surface area contributed by atoms with Crippen LogP contribution in [0.3, 0.4) is 0 Å². The fourth-order valence-electron chi connectivity index (χ4n) is 2.45. The zero-order valence-corrected chi connectivity index (χ0v) is 12.7. The van der Waals surface area contributed by atoms with E-state index in [1.165, 1.54) is 5.56 Å². The number of carbonyl (C=O) groups is 1. The summed E-state index contributed by atoms with van der Waals surface area (Å²) in [7, 11) is 0. The van der Waals surface area contributed by atoms with Crippen molar-refractivity contribution in [2.45, 2.75) is 19.8 Å². The van der Waals surface area contributed by atoms with E-state index in [2.05, 4.69) is 31.3 Å². The standard InChI is InChI=1S/C18H16ClNO/c1-11(2)13-5-3-12(4-6-13)9-16-15-10-14(19)7-8-17(15)20-18(16)21/h3-11H,1-2H3,(H,20,21)/b16-9+. The SMILES string of the molecule is CC(C)c1ccc(/C=C2/C(=O)Nc3ccc(Cl)cc32)cc1. The third-order valence-electron chi connectivity index (χ3n) is 3.68. The van der Waals surface area contributed by atoms with Crippen molar-refractivity contribution in [3.8, 4) is 0 Å². The molecule has 0 aromatic heterocycles. The second-order valence-electron chi connectivity index (χ2n) is 5.52.